The number of ether oxygens (including phenoxy) is 2. The fraction of sp³-hybridized carbons (Fsp3) is 0.138. The summed E-state index contributed by atoms with van der Waals surface area (Å²) in [6, 6.07) is 26.7. The number of urea groups is 1. The molecular formula is C29H26N4O4. The first-order chi connectivity index (χ1) is 18.1. The third-order valence-electron chi connectivity index (χ3n) is 5.94. The highest BCUT2D eigenvalue weighted by molar-refractivity contribution is 6.04. The summed E-state index contributed by atoms with van der Waals surface area (Å²) in [6.07, 6.45) is 0. The molecule has 2 amide bonds. The van der Waals surface area contributed by atoms with Gasteiger partial charge in [-0.05, 0) is 43.7 Å². The molecule has 0 saturated heterocycles. The third-order valence-corrected chi connectivity index (χ3v) is 5.94. The minimum atomic E-state index is -0.876. The van der Waals surface area contributed by atoms with Crippen molar-refractivity contribution in [2.75, 3.05) is 6.61 Å². The summed E-state index contributed by atoms with van der Waals surface area (Å²) in [4.78, 5) is 26.3. The Morgan fingerprint density at radius 2 is 1.57 bits per heavy atom. The lowest BCUT2D eigenvalue weighted by Crippen LogP contribution is -2.45. The largest absolute Gasteiger partial charge is 0.463 e. The molecule has 0 radical (unpaired) electrons. The van der Waals surface area contributed by atoms with Crippen molar-refractivity contribution in [3.8, 4) is 17.3 Å². The molecule has 1 aromatic heterocycles. The van der Waals surface area contributed by atoms with Gasteiger partial charge in [0.05, 0.1) is 40.9 Å². The van der Waals surface area contributed by atoms with Crippen molar-refractivity contribution in [3.05, 3.63) is 113 Å². The summed E-state index contributed by atoms with van der Waals surface area (Å²) < 4.78 is 13.5. The van der Waals surface area contributed by atoms with Crippen LogP contribution < -0.4 is 15.4 Å². The molecule has 1 atom stereocenters. The van der Waals surface area contributed by atoms with Crippen LogP contribution in [0.2, 0.25) is 0 Å². The maximum absolute atomic E-state index is 13.4. The average Bonchev–Trinajstić information content (AvgIpc) is 3.25. The highest BCUT2D eigenvalue weighted by Crippen LogP contribution is 2.40. The number of benzene rings is 3. The number of nitrogens with zero attached hydrogens (tertiary/aromatic N) is 2. The van der Waals surface area contributed by atoms with E-state index in [4.69, 9.17) is 14.6 Å². The zero-order valence-corrected chi connectivity index (χ0v) is 20.5. The van der Waals surface area contributed by atoms with Gasteiger partial charge in [-0.1, -0.05) is 66.7 Å². The Kier molecular flexibility index (Phi) is 6.72. The molecule has 1 aliphatic heterocycles. The van der Waals surface area contributed by atoms with E-state index >= 15 is 0 Å². The van der Waals surface area contributed by atoms with E-state index in [1.165, 1.54) is 0 Å². The number of aryl methyl sites for hydroxylation is 1. The number of esters is 1. The Balaban J connectivity index is 1.75. The number of carbonyl (C=O) groups excluding carboxylic acids is 2. The maximum Gasteiger partial charge on any atom is 0.338 e. The van der Waals surface area contributed by atoms with E-state index < -0.39 is 18.0 Å². The second-order valence-corrected chi connectivity index (χ2v) is 8.37. The van der Waals surface area contributed by atoms with Gasteiger partial charge < -0.3 is 20.1 Å². The van der Waals surface area contributed by atoms with Crippen LogP contribution in [0.5, 0.6) is 11.6 Å². The minimum Gasteiger partial charge on any atom is -0.463 e. The van der Waals surface area contributed by atoms with Gasteiger partial charge >= 0.3 is 12.0 Å². The first-order valence-electron chi connectivity index (χ1n) is 12.0. The van der Waals surface area contributed by atoms with Gasteiger partial charge in [-0.2, -0.15) is 5.10 Å². The molecular weight excluding hydrogens is 468 g/mol. The highest BCUT2D eigenvalue weighted by atomic mass is 16.5. The van der Waals surface area contributed by atoms with Crippen molar-refractivity contribution in [1.29, 1.82) is 0 Å². The second kappa shape index (κ2) is 10.4. The van der Waals surface area contributed by atoms with Crippen molar-refractivity contribution in [1.82, 2.24) is 20.4 Å². The number of carbonyl (C=O) groups is 2. The van der Waals surface area contributed by atoms with E-state index in [2.05, 4.69) is 10.6 Å². The van der Waals surface area contributed by atoms with Gasteiger partial charge in [-0.25, -0.2) is 14.3 Å². The van der Waals surface area contributed by atoms with Crippen LogP contribution in [0.1, 0.15) is 29.8 Å². The molecule has 5 rings (SSSR count). The smallest absolute Gasteiger partial charge is 0.338 e. The summed E-state index contributed by atoms with van der Waals surface area (Å²) >= 11 is 0. The fourth-order valence-electron chi connectivity index (χ4n) is 4.34. The molecule has 0 aliphatic carbocycles. The third kappa shape index (κ3) is 4.81. The Bertz CT molecular complexity index is 1450. The molecule has 0 bridgehead atoms. The van der Waals surface area contributed by atoms with E-state index in [0.717, 1.165) is 5.69 Å². The Labute approximate surface area is 214 Å². The van der Waals surface area contributed by atoms with Gasteiger partial charge in [0.25, 0.3) is 0 Å². The number of aromatic nitrogens is 2. The van der Waals surface area contributed by atoms with Gasteiger partial charge in [-0.15, -0.1) is 0 Å². The van der Waals surface area contributed by atoms with Gasteiger partial charge in [-0.3, -0.25) is 0 Å². The minimum absolute atomic E-state index is 0.181. The summed E-state index contributed by atoms with van der Waals surface area (Å²) in [5.74, 6) is 0.429. The number of rotatable bonds is 7. The topological polar surface area (TPSA) is 94.5 Å². The molecule has 4 aromatic rings. The SMILES string of the molecule is CCOC(=O)C1=C(c2ccccc2)NC(=O)NC1c1c(C)nn(-c2ccccc2)c1Oc1ccccc1. The standard InChI is InChI=1S/C29H26N4O4/c1-3-36-28(34)24-25(20-13-7-4-8-14-20)30-29(35)31-26(24)23-19(2)32-33(21-15-9-5-10-16-21)27(23)37-22-17-11-6-12-18-22/h4-18,26H,3H2,1-2H3,(H2,30,31,35). The molecule has 0 fully saturated rings. The lowest BCUT2D eigenvalue weighted by molar-refractivity contribution is -0.138. The molecule has 8 nitrogen and oxygen atoms in total. The van der Waals surface area contributed by atoms with E-state index in [9.17, 15) is 9.59 Å². The van der Waals surface area contributed by atoms with Crippen molar-refractivity contribution in [2.24, 2.45) is 0 Å². The van der Waals surface area contributed by atoms with E-state index in [0.29, 0.717) is 34.1 Å². The summed E-state index contributed by atoms with van der Waals surface area (Å²) in [6.45, 7) is 3.75. The van der Waals surface area contributed by atoms with Crippen LogP contribution >= 0.6 is 0 Å². The Morgan fingerprint density at radius 1 is 0.946 bits per heavy atom. The highest BCUT2D eigenvalue weighted by Gasteiger charge is 2.39. The number of nitrogens with one attached hydrogen (secondary N) is 2. The normalized spacial score (nSPS) is 15.1. The Hall–Kier alpha value is -4.85. The zero-order valence-electron chi connectivity index (χ0n) is 20.5. The van der Waals surface area contributed by atoms with Crippen LogP contribution in [0.25, 0.3) is 11.4 Å². The summed E-state index contributed by atoms with van der Waals surface area (Å²) in [5.41, 5.74) is 3.25. The lowest BCUT2D eigenvalue weighted by Gasteiger charge is -2.29. The van der Waals surface area contributed by atoms with Gasteiger partial charge in [0.15, 0.2) is 0 Å². The van der Waals surface area contributed by atoms with E-state index in [1.54, 1.807) is 11.6 Å². The first-order valence-corrected chi connectivity index (χ1v) is 12.0. The maximum atomic E-state index is 13.4. The average molecular weight is 495 g/mol. The Morgan fingerprint density at radius 3 is 2.22 bits per heavy atom. The molecule has 186 valence electrons. The van der Waals surface area contributed by atoms with Gasteiger partial charge in [0.1, 0.15) is 5.75 Å². The molecule has 3 aromatic carbocycles. The number of amides is 2. The monoisotopic (exact) mass is 494 g/mol. The zero-order chi connectivity index (χ0) is 25.8. The van der Waals surface area contributed by atoms with Crippen molar-refractivity contribution in [2.45, 2.75) is 19.9 Å². The predicted molar refractivity (Wildman–Crippen MR) is 139 cm³/mol. The molecule has 2 heterocycles. The van der Waals surface area contributed by atoms with E-state index in [-0.39, 0.29) is 12.2 Å². The van der Waals surface area contributed by atoms with Crippen LogP contribution in [0.3, 0.4) is 0 Å². The van der Waals surface area contributed by atoms with Crippen LogP contribution in [-0.4, -0.2) is 28.4 Å². The van der Waals surface area contributed by atoms with Crippen LogP contribution in [0.4, 0.5) is 4.79 Å². The van der Waals surface area contributed by atoms with E-state index in [1.807, 2.05) is 97.9 Å². The fourth-order valence-corrected chi connectivity index (χ4v) is 4.34. The molecule has 1 aliphatic rings. The van der Waals surface area contributed by atoms with Crippen molar-refractivity contribution >= 4 is 17.7 Å². The van der Waals surface area contributed by atoms with Crippen LogP contribution in [0, 0.1) is 6.92 Å². The summed E-state index contributed by atoms with van der Waals surface area (Å²) in [7, 11) is 0. The van der Waals surface area contributed by atoms with Crippen LogP contribution in [0.15, 0.2) is 96.6 Å². The first kappa shape index (κ1) is 23.9. The number of para-hydroxylation sites is 2. The molecule has 0 spiro atoms. The molecule has 37 heavy (non-hydrogen) atoms. The van der Waals surface area contributed by atoms with Gasteiger partial charge in [0, 0.05) is 0 Å². The van der Waals surface area contributed by atoms with Crippen molar-refractivity contribution in [3.63, 3.8) is 0 Å². The van der Waals surface area contributed by atoms with Gasteiger partial charge in [0.2, 0.25) is 5.88 Å². The van der Waals surface area contributed by atoms with Crippen LogP contribution in [-0.2, 0) is 9.53 Å². The summed E-state index contributed by atoms with van der Waals surface area (Å²) in [5, 5.41) is 10.5. The lowest BCUT2D eigenvalue weighted by atomic mass is 9.92. The molecule has 2 N–H and O–H groups in total. The number of hydrogen-bond donors (Lipinski definition) is 2. The predicted octanol–water partition coefficient (Wildman–Crippen LogP) is 5.30. The molecule has 0 saturated carbocycles. The molecule has 8 heteroatoms. The molecule has 1 unspecified atom stereocenters. The number of hydrogen-bond acceptors (Lipinski definition) is 5. The second-order valence-electron chi connectivity index (χ2n) is 8.37. The quantitative estimate of drug-likeness (QED) is 0.340. The van der Waals surface area contributed by atoms with Crippen molar-refractivity contribution < 1.29 is 19.1 Å².